The van der Waals surface area contributed by atoms with Crippen LogP contribution < -0.4 is 10.4 Å². The minimum absolute atomic E-state index is 0.179. The third-order valence-corrected chi connectivity index (χ3v) is 3.60. The summed E-state index contributed by atoms with van der Waals surface area (Å²) in [5, 5.41) is 9.45. The highest BCUT2D eigenvalue weighted by Gasteiger charge is 2.11. The zero-order valence-corrected chi connectivity index (χ0v) is 12.7. The van der Waals surface area contributed by atoms with Crippen LogP contribution in [-0.4, -0.2) is 20.2 Å². The lowest BCUT2D eigenvalue weighted by atomic mass is 10.1. The van der Waals surface area contributed by atoms with Crippen molar-refractivity contribution in [1.29, 1.82) is 0 Å². The molecule has 0 atom stereocenters. The standard InChI is InChI=1S/C16H15FN4O2/c1-10-7-8-14(11(2)15(10)17)23-9-12-5-3-4-6-13(12)21-16(22)18-19-20-21/h3-8H,9H2,1-2H3,(H,18,20,22). The second-order valence-corrected chi connectivity index (χ2v) is 5.16. The first-order chi connectivity index (χ1) is 11.1. The molecule has 6 nitrogen and oxygen atoms in total. The molecule has 0 bridgehead atoms. The van der Waals surface area contributed by atoms with Crippen molar-refractivity contribution in [2.24, 2.45) is 0 Å². The molecule has 0 aliphatic heterocycles. The molecule has 0 aliphatic carbocycles. The van der Waals surface area contributed by atoms with Crippen molar-refractivity contribution in [3.8, 4) is 11.4 Å². The van der Waals surface area contributed by atoms with Crippen molar-refractivity contribution >= 4 is 0 Å². The monoisotopic (exact) mass is 314 g/mol. The van der Waals surface area contributed by atoms with Crippen LogP contribution in [0.2, 0.25) is 0 Å². The largest absolute Gasteiger partial charge is 0.488 e. The molecule has 23 heavy (non-hydrogen) atoms. The predicted molar refractivity (Wildman–Crippen MR) is 82.2 cm³/mol. The summed E-state index contributed by atoms with van der Waals surface area (Å²) in [6, 6.07) is 10.6. The normalized spacial score (nSPS) is 10.7. The molecular formula is C16H15FN4O2. The maximum Gasteiger partial charge on any atom is 0.365 e. The van der Waals surface area contributed by atoms with Gasteiger partial charge in [-0.05, 0) is 42.0 Å². The number of aromatic nitrogens is 4. The first-order valence-corrected chi connectivity index (χ1v) is 7.05. The van der Waals surface area contributed by atoms with Gasteiger partial charge in [0.05, 0.1) is 5.69 Å². The van der Waals surface area contributed by atoms with E-state index in [1.165, 1.54) is 0 Å². The Labute approximate surface area is 131 Å². The average molecular weight is 314 g/mol. The number of tetrazole rings is 1. The Morgan fingerprint density at radius 3 is 2.74 bits per heavy atom. The van der Waals surface area contributed by atoms with Gasteiger partial charge in [0.1, 0.15) is 18.2 Å². The van der Waals surface area contributed by atoms with E-state index in [2.05, 4.69) is 15.5 Å². The summed E-state index contributed by atoms with van der Waals surface area (Å²) in [4.78, 5) is 11.7. The van der Waals surface area contributed by atoms with E-state index in [4.69, 9.17) is 4.74 Å². The molecule has 1 heterocycles. The van der Waals surface area contributed by atoms with E-state index in [1.54, 1.807) is 38.1 Å². The summed E-state index contributed by atoms with van der Waals surface area (Å²) in [6.45, 7) is 3.56. The number of ether oxygens (including phenoxy) is 1. The Morgan fingerprint density at radius 1 is 1.22 bits per heavy atom. The molecule has 3 rings (SSSR count). The highest BCUT2D eigenvalue weighted by Crippen LogP contribution is 2.24. The second kappa shape index (κ2) is 6.04. The molecule has 118 valence electrons. The topological polar surface area (TPSA) is 72.8 Å². The van der Waals surface area contributed by atoms with Gasteiger partial charge in [-0.3, -0.25) is 0 Å². The molecule has 7 heteroatoms. The number of aryl methyl sites for hydroxylation is 1. The van der Waals surface area contributed by atoms with Crippen molar-refractivity contribution in [3.63, 3.8) is 0 Å². The van der Waals surface area contributed by atoms with Crippen LogP contribution in [0.15, 0.2) is 41.2 Å². The van der Waals surface area contributed by atoms with Gasteiger partial charge in [0.15, 0.2) is 0 Å². The highest BCUT2D eigenvalue weighted by molar-refractivity contribution is 5.41. The van der Waals surface area contributed by atoms with Crippen LogP contribution in [0.25, 0.3) is 5.69 Å². The van der Waals surface area contributed by atoms with Crippen LogP contribution in [0.3, 0.4) is 0 Å². The van der Waals surface area contributed by atoms with Crippen LogP contribution in [0.5, 0.6) is 5.75 Å². The molecule has 0 spiro atoms. The molecule has 1 N–H and O–H groups in total. The van der Waals surface area contributed by atoms with Gasteiger partial charge in [0, 0.05) is 11.1 Å². The molecule has 2 aromatic carbocycles. The number of H-pyrrole nitrogens is 1. The Hall–Kier alpha value is -2.96. The maximum absolute atomic E-state index is 13.9. The molecule has 3 aromatic rings. The summed E-state index contributed by atoms with van der Waals surface area (Å²) < 4.78 is 20.8. The van der Waals surface area contributed by atoms with E-state index < -0.39 is 5.69 Å². The number of benzene rings is 2. The molecule has 0 radical (unpaired) electrons. The number of halogens is 1. The lowest BCUT2D eigenvalue weighted by Crippen LogP contribution is -2.18. The Bertz CT molecular complexity index is 901. The van der Waals surface area contributed by atoms with E-state index in [0.717, 1.165) is 10.2 Å². The summed E-state index contributed by atoms with van der Waals surface area (Å²) in [5.41, 5.74) is 1.90. The van der Waals surface area contributed by atoms with Crippen molar-refractivity contribution in [2.45, 2.75) is 20.5 Å². The fourth-order valence-corrected chi connectivity index (χ4v) is 2.31. The maximum atomic E-state index is 13.9. The molecule has 0 fully saturated rings. The second-order valence-electron chi connectivity index (χ2n) is 5.16. The summed E-state index contributed by atoms with van der Waals surface area (Å²) in [7, 11) is 0. The fraction of sp³-hybridized carbons (Fsp3) is 0.188. The molecule has 0 saturated heterocycles. The van der Waals surface area contributed by atoms with Crippen molar-refractivity contribution in [1.82, 2.24) is 20.2 Å². The SMILES string of the molecule is Cc1ccc(OCc2ccccc2-n2nn[nH]c2=O)c(C)c1F. The van der Waals surface area contributed by atoms with Gasteiger partial charge < -0.3 is 4.74 Å². The van der Waals surface area contributed by atoms with E-state index in [0.29, 0.717) is 22.6 Å². The van der Waals surface area contributed by atoms with Gasteiger partial charge in [0.25, 0.3) is 0 Å². The van der Waals surface area contributed by atoms with E-state index in [9.17, 15) is 9.18 Å². The number of rotatable bonds is 4. The van der Waals surface area contributed by atoms with Crippen LogP contribution >= 0.6 is 0 Å². The molecule has 0 unspecified atom stereocenters. The Morgan fingerprint density at radius 2 is 2.00 bits per heavy atom. The molecule has 0 amide bonds. The van der Waals surface area contributed by atoms with Crippen LogP contribution in [0.1, 0.15) is 16.7 Å². The quantitative estimate of drug-likeness (QED) is 0.802. The van der Waals surface area contributed by atoms with Crippen LogP contribution in [0, 0.1) is 19.7 Å². The lowest BCUT2D eigenvalue weighted by Gasteiger charge is -2.13. The fourth-order valence-electron chi connectivity index (χ4n) is 2.31. The molecule has 0 saturated carbocycles. The summed E-state index contributed by atoms with van der Waals surface area (Å²) in [5.74, 6) is 0.193. The van der Waals surface area contributed by atoms with Gasteiger partial charge >= 0.3 is 5.69 Å². The van der Waals surface area contributed by atoms with Gasteiger partial charge in [0.2, 0.25) is 0 Å². The molecule has 0 aliphatic rings. The zero-order chi connectivity index (χ0) is 16.4. The van der Waals surface area contributed by atoms with Crippen LogP contribution in [0.4, 0.5) is 4.39 Å². The van der Waals surface area contributed by atoms with E-state index in [1.807, 2.05) is 12.1 Å². The van der Waals surface area contributed by atoms with Crippen LogP contribution in [-0.2, 0) is 6.61 Å². The van der Waals surface area contributed by atoms with Gasteiger partial charge in [-0.2, -0.15) is 4.68 Å². The third-order valence-electron chi connectivity index (χ3n) is 3.60. The van der Waals surface area contributed by atoms with E-state index >= 15 is 0 Å². The average Bonchev–Trinajstić information content (AvgIpc) is 2.98. The molecule has 1 aromatic heterocycles. The molecular weight excluding hydrogens is 299 g/mol. The highest BCUT2D eigenvalue weighted by atomic mass is 19.1. The number of nitrogens with one attached hydrogen (secondary N) is 1. The third kappa shape index (κ3) is 2.85. The zero-order valence-electron chi connectivity index (χ0n) is 12.7. The van der Waals surface area contributed by atoms with Crippen molar-refractivity contribution in [3.05, 3.63) is 69.4 Å². The Balaban J connectivity index is 1.89. The smallest absolute Gasteiger partial charge is 0.365 e. The predicted octanol–water partition coefficient (Wildman–Crippen LogP) is 2.29. The first kappa shape index (κ1) is 15.0. The van der Waals surface area contributed by atoms with Crippen molar-refractivity contribution in [2.75, 3.05) is 0 Å². The minimum atomic E-state index is -0.435. The van der Waals surface area contributed by atoms with Crippen molar-refractivity contribution < 1.29 is 9.13 Å². The summed E-state index contributed by atoms with van der Waals surface area (Å²) >= 11 is 0. The minimum Gasteiger partial charge on any atom is -0.488 e. The number of nitrogens with zero attached hydrogens (tertiary/aromatic N) is 3. The summed E-state index contributed by atoms with van der Waals surface area (Å²) in [6.07, 6.45) is 0. The number of hydrogen-bond donors (Lipinski definition) is 1. The lowest BCUT2D eigenvalue weighted by molar-refractivity contribution is 0.301. The van der Waals surface area contributed by atoms with E-state index in [-0.39, 0.29) is 12.4 Å². The number of aromatic amines is 1. The Kier molecular flexibility index (Phi) is 3.92. The van der Waals surface area contributed by atoms with Gasteiger partial charge in [-0.1, -0.05) is 24.3 Å². The first-order valence-electron chi connectivity index (χ1n) is 7.05. The van der Waals surface area contributed by atoms with Gasteiger partial charge in [-0.25, -0.2) is 14.3 Å². The van der Waals surface area contributed by atoms with Gasteiger partial charge in [-0.15, -0.1) is 0 Å². The number of para-hydroxylation sites is 1. The number of hydrogen-bond acceptors (Lipinski definition) is 4.